The first-order valence-electron chi connectivity index (χ1n) is 5.54. The molecule has 1 aromatic heterocycles. The Labute approximate surface area is 115 Å². The average molecular weight is 278 g/mol. The predicted octanol–water partition coefficient (Wildman–Crippen LogP) is 1.76. The molecule has 0 fully saturated rings. The summed E-state index contributed by atoms with van der Waals surface area (Å²) in [6.45, 7) is 0. The Kier molecular flexibility index (Phi) is 3.97. The van der Waals surface area contributed by atoms with Crippen LogP contribution in [-0.4, -0.2) is 23.2 Å². The molecule has 0 radical (unpaired) electrons. The Balaban J connectivity index is 2.39. The number of carbonyl (C=O) groups is 1. The Morgan fingerprint density at radius 3 is 2.37 bits per heavy atom. The molecule has 6 heteroatoms. The van der Waals surface area contributed by atoms with Gasteiger partial charge >= 0.3 is 0 Å². The van der Waals surface area contributed by atoms with Crippen molar-refractivity contribution in [2.45, 2.75) is 5.92 Å². The summed E-state index contributed by atoms with van der Waals surface area (Å²) in [6.07, 6.45) is 0. The van der Waals surface area contributed by atoms with Crippen LogP contribution in [-0.2, 0) is 4.79 Å². The van der Waals surface area contributed by atoms with E-state index < -0.39 is 11.8 Å². The summed E-state index contributed by atoms with van der Waals surface area (Å²) >= 11 is 5.68. The maximum Gasteiger partial charge on any atom is 0.231 e. The van der Waals surface area contributed by atoms with E-state index >= 15 is 0 Å². The van der Waals surface area contributed by atoms with Crippen molar-refractivity contribution in [3.05, 3.63) is 52.8 Å². The van der Waals surface area contributed by atoms with Gasteiger partial charge in [0.15, 0.2) is 5.15 Å². The minimum atomic E-state index is -0.657. The van der Waals surface area contributed by atoms with Gasteiger partial charge in [0.05, 0.1) is 12.8 Å². The number of rotatable bonds is 4. The molecule has 0 spiro atoms. The first-order chi connectivity index (χ1) is 9.11. The van der Waals surface area contributed by atoms with E-state index in [1.54, 1.807) is 43.5 Å². The van der Waals surface area contributed by atoms with Crippen LogP contribution in [0.25, 0.3) is 0 Å². The van der Waals surface area contributed by atoms with Crippen LogP contribution >= 0.6 is 11.6 Å². The molecule has 1 heterocycles. The van der Waals surface area contributed by atoms with E-state index in [4.69, 9.17) is 22.1 Å². The highest BCUT2D eigenvalue weighted by atomic mass is 35.5. The summed E-state index contributed by atoms with van der Waals surface area (Å²) < 4.78 is 5.07. The van der Waals surface area contributed by atoms with Crippen LogP contribution in [0.5, 0.6) is 5.75 Å². The summed E-state index contributed by atoms with van der Waals surface area (Å²) in [6, 6.07) is 10.3. The van der Waals surface area contributed by atoms with Crippen LogP contribution in [0, 0.1) is 0 Å². The molecular formula is C13H12ClN3O2. The Bertz CT molecular complexity index is 569. The lowest BCUT2D eigenvalue weighted by atomic mass is 9.95. The molecule has 0 saturated carbocycles. The molecule has 0 aliphatic heterocycles. The van der Waals surface area contributed by atoms with Gasteiger partial charge in [-0.15, -0.1) is 5.10 Å². The third-order valence-corrected chi connectivity index (χ3v) is 2.88. The molecule has 1 unspecified atom stereocenters. The number of amides is 1. The van der Waals surface area contributed by atoms with Crippen LogP contribution in [0.1, 0.15) is 17.2 Å². The minimum absolute atomic E-state index is 0.265. The van der Waals surface area contributed by atoms with Crippen molar-refractivity contribution in [3.63, 3.8) is 0 Å². The zero-order valence-electron chi connectivity index (χ0n) is 10.2. The third kappa shape index (κ3) is 3.00. The maximum atomic E-state index is 11.6. The molecule has 2 rings (SSSR count). The van der Waals surface area contributed by atoms with Gasteiger partial charge in [-0.25, -0.2) is 0 Å². The van der Waals surface area contributed by atoms with Crippen LogP contribution in [0.2, 0.25) is 5.15 Å². The molecule has 98 valence electrons. The van der Waals surface area contributed by atoms with Gasteiger partial charge in [-0.1, -0.05) is 23.7 Å². The second kappa shape index (κ2) is 5.67. The smallest absolute Gasteiger partial charge is 0.231 e. The van der Waals surface area contributed by atoms with Crippen molar-refractivity contribution < 1.29 is 9.53 Å². The van der Waals surface area contributed by atoms with E-state index in [1.807, 2.05) is 0 Å². The standard InChI is InChI=1S/C13H12ClN3O2/c1-19-9-4-2-8(3-5-9)12(13(15)18)10-6-7-11(14)17-16-10/h2-7,12H,1H3,(H2,15,18). The first kappa shape index (κ1) is 13.3. The summed E-state index contributed by atoms with van der Waals surface area (Å²) in [5.74, 6) is -0.452. The van der Waals surface area contributed by atoms with E-state index in [0.717, 1.165) is 5.56 Å². The second-order valence-electron chi connectivity index (χ2n) is 3.89. The van der Waals surface area contributed by atoms with Crippen LogP contribution < -0.4 is 10.5 Å². The summed E-state index contributed by atoms with van der Waals surface area (Å²) in [5.41, 5.74) is 6.63. The molecular weight excluding hydrogens is 266 g/mol. The number of ether oxygens (including phenoxy) is 1. The van der Waals surface area contributed by atoms with E-state index in [0.29, 0.717) is 11.4 Å². The van der Waals surface area contributed by atoms with E-state index in [2.05, 4.69) is 10.2 Å². The monoisotopic (exact) mass is 277 g/mol. The number of hydrogen-bond donors (Lipinski definition) is 1. The van der Waals surface area contributed by atoms with Crippen molar-refractivity contribution in [1.82, 2.24) is 10.2 Å². The molecule has 0 saturated heterocycles. The van der Waals surface area contributed by atoms with E-state index in [-0.39, 0.29) is 5.15 Å². The second-order valence-corrected chi connectivity index (χ2v) is 4.28. The fourth-order valence-corrected chi connectivity index (χ4v) is 1.86. The number of primary amides is 1. The summed E-state index contributed by atoms with van der Waals surface area (Å²) in [5, 5.41) is 7.89. The number of aromatic nitrogens is 2. The first-order valence-corrected chi connectivity index (χ1v) is 5.92. The number of methoxy groups -OCH3 is 1. The number of benzene rings is 1. The van der Waals surface area contributed by atoms with E-state index in [9.17, 15) is 4.79 Å². The highest BCUT2D eigenvalue weighted by molar-refractivity contribution is 6.29. The largest absolute Gasteiger partial charge is 0.497 e. The molecule has 1 amide bonds. The molecule has 5 nitrogen and oxygen atoms in total. The van der Waals surface area contributed by atoms with Gasteiger partial charge in [0.2, 0.25) is 5.91 Å². The zero-order chi connectivity index (χ0) is 13.8. The van der Waals surface area contributed by atoms with Crippen molar-refractivity contribution in [1.29, 1.82) is 0 Å². The molecule has 2 aromatic rings. The molecule has 19 heavy (non-hydrogen) atoms. The van der Waals surface area contributed by atoms with Gasteiger partial charge in [0, 0.05) is 0 Å². The lowest BCUT2D eigenvalue weighted by Crippen LogP contribution is -2.23. The highest BCUT2D eigenvalue weighted by Crippen LogP contribution is 2.24. The van der Waals surface area contributed by atoms with Crippen molar-refractivity contribution >= 4 is 17.5 Å². The maximum absolute atomic E-state index is 11.6. The number of hydrogen-bond acceptors (Lipinski definition) is 4. The van der Waals surface area contributed by atoms with Crippen molar-refractivity contribution in [2.75, 3.05) is 7.11 Å². The molecule has 1 aromatic carbocycles. The lowest BCUT2D eigenvalue weighted by Gasteiger charge is -2.13. The summed E-state index contributed by atoms with van der Waals surface area (Å²) in [7, 11) is 1.57. The molecule has 2 N–H and O–H groups in total. The Hall–Kier alpha value is -2.14. The Morgan fingerprint density at radius 1 is 1.21 bits per heavy atom. The van der Waals surface area contributed by atoms with Crippen molar-refractivity contribution in [3.8, 4) is 5.75 Å². The van der Waals surface area contributed by atoms with Crippen LogP contribution in [0.3, 0.4) is 0 Å². The Morgan fingerprint density at radius 2 is 1.89 bits per heavy atom. The molecule has 1 atom stereocenters. The van der Waals surface area contributed by atoms with Crippen molar-refractivity contribution in [2.24, 2.45) is 5.73 Å². The van der Waals surface area contributed by atoms with Crippen LogP contribution in [0.15, 0.2) is 36.4 Å². The SMILES string of the molecule is COc1ccc(C(C(N)=O)c2ccc(Cl)nn2)cc1. The molecule has 0 aliphatic rings. The van der Waals surface area contributed by atoms with Gasteiger partial charge in [-0.05, 0) is 29.8 Å². The predicted molar refractivity (Wildman–Crippen MR) is 71.1 cm³/mol. The molecule has 0 bridgehead atoms. The fourth-order valence-electron chi connectivity index (χ4n) is 1.76. The lowest BCUT2D eigenvalue weighted by molar-refractivity contribution is -0.118. The average Bonchev–Trinajstić information content (AvgIpc) is 2.42. The highest BCUT2D eigenvalue weighted by Gasteiger charge is 2.22. The van der Waals surface area contributed by atoms with Gasteiger partial charge < -0.3 is 10.5 Å². The molecule has 0 aliphatic carbocycles. The zero-order valence-corrected chi connectivity index (χ0v) is 11.0. The quantitative estimate of drug-likeness (QED) is 0.923. The minimum Gasteiger partial charge on any atom is -0.497 e. The van der Waals surface area contributed by atoms with Gasteiger partial charge in [-0.3, -0.25) is 4.79 Å². The normalized spacial score (nSPS) is 11.9. The number of carbonyl (C=O) groups excluding carboxylic acids is 1. The number of nitrogens with two attached hydrogens (primary N) is 1. The summed E-state index contributed by atoms with van der Waals surface area (Å²) in [4.78, 5) is 11.6. The fraction of sp³-hybridized carbons (Fsp3) is 0.154. The van der Waals surface area contributed by atoms with Gasteiger partial charge in [0.25, 0.3) is 0 Å². The topological polar surface area (TPSA) is 78.1 Å². The van der Waals surface area contributed by atoms with E-state index in [1.165, 1.54) is 0 Å². The van der Waals surface area contributed by atoms with Gasteiger partial charge in [0.1, 0.15) is 11.7 Å². The third-order valence-electron chi connectivity index (χ3n) is 2.68. The number of halogens is 1. The number of nitrogens with zero attached hydrogens (tertiary/aromatic N) is 2. The van der Waals surface area contributed by atoms with Crippen LogP contribution in [0.4, 0.5) is 0 Å². The van der Waals surface area contributed by atoms with Gasteiger partial charge in [-0.2, -0.15) is 5.10 Å².